The first kappa shape index (κ1) is 15.5. The van der Waals surface area contributed by atoms with Gasteiger partial charge in [0.05, 0.1) is 7.11 Å². The van der Waals surface area contributed by atoms with Crippen molar-refractivity contribution in [1.29, 1.82) is 0 Å². The molecule has 0 bridgehead atoms. The van der Waals surface area contributed by atoms with E-state index in [1.807, 2.05) is 0 Å². The zero-order chi connectivity index (χ0) is 15.6. The Balaban J connectivity index is 2.40. The number of nitrogens with two attached hydrogens (primary N) is 1. The summed E-state index contributed by atoms with van der Waals surface area (Å²) >= 11 is 5.83. The smallest absolute Gasteiger partial charge is 0.265 e. The highest BCUT2D eigenvalue weighted by atomic mass is 35.5. The van der Waals surface area contributed by atoms with Gasteiger partial charge in [-0.25, -0.2) is 8.42 Å². The van der Waals surface area contributed by atoms with Crippen LogP contribution in [0.2, 0.25) is 5.02 Å². The molecular weight excluding hydrogens is 312 g/mol. The summed E-state index contributed by atoms with van der Waals surface area (Å²) in [5.74, 6) is 0.183. The normalized spacial score (nSPS) is 11.2. The van der Waals surface area contributed by atoms with Gasteiger partial charge >= 0.3 is 0 Å². The van der Waals surface area contributed by atoms with E-state index in [2.05, 4.69) is 4.72 Å². The standard InChI is InChI=1S/C14H15ClN2O3S/c1-9-7-11(4-5-12(9)16)17-21(18,19)14-6-3-10(15)8-13(14)20-2/h3-8,17H,16H2,1-2H3. The lowest BCUT2D eigenvalue weighted by Gasteiger charge is -2.12. The molecule has 0 amide bonds. The number of halogens is 1. The highest BCUT2D eigenvalue weighted by Gasteiger charge is 2.20. The molecule has 0 aliphatic rings. The summed E-state index contributed by atoms with van der Waals surface area (Å²) < 4.78 is 32.4. The van der Waals surface area contributed by atoms with E-state index in [4.69, 9.17) is 22.1 Å². The number of hydrogen-bond donors (Lipinski definition) is 2. The molecular formula is C14H15ClN2O3S. The SMILES string of the molecule is COc1cc(Cl)ccc1S(=O)(=O)Nc1ccc(N)c(C)c1. The van der Waals surface area contributed by atoms with E-state index >= 15 is 0 Å². The van der Waals surface area contributed by atoms with Gasteiger partial charge in [0.2, 0.25) is 0 Å². The highest BCUT2D eigenvalue weighted by molar-refractivity contribution is 7.92. The number of anilines is 2. The van der Waals surface area contributed by atoms with Crippen molar-refractivity contribution in [2.45, 2.75) is 11.8 Å². The summed E-state index contributed by atoms with van der Waals surface area (Å²) in [4.78, 5) is 0.0175. The number of ether oxygens (including phenoxy) is 1. The van der Waals surface area contributed by atoms with Gasteiger partial charge in [0.25, 0.3) is 10.0 Å². The molecule has 0 saturated heterocycles. The van der Waals surface area contributed by atoms with Gasteiger partial charge in [0.15, 0.2) is 0 Å². The predicted octanol–water partition coefficient (Wildman–Crippen LogP) is 3.04. The lowest BCUT2D eigenvalue weighted by molar-refractivity contribution is 0.403. The Morgan fingerprint density at radius 3 is 2.52 bits per heavy atom. The van der Waals surface area contributed by atoms with Crippen LogP contribution >= 0.6 is 11.6 Å². The molecule has 3 N–H and O–H groups in total. The van der Waals surface area contributed by atoms with Gasteiger partial charge in [-0.15, -0.1) is 0 Å². The second-order valence-corrected chi connectivity index (χ2v) is 6.56. The topological polar surface area (TPSA) is 81.4 Å². The van der Waals surface area contributed by atoms with Crippen LogP contribution in [-0.4, -0.2) is 15.5 Å². The minimum Gasteiger partial charge on any atom is -0.495 e. The van der Waals surface area contributed by atoms with E-state index in [1.165, 1.54) is 25.3 Å². The monoisotopic (exact) mass is 326 g/mol. The Morgan fingerprint density at radius 1 is 1.19 bits per heavy atom. The minimum atomic E-state index is -3.78. The highest BCUT2D eigenvalue weighted by Crippen LogP contribution is 2.29. The second-order valence-electron chi connectivity index (χ2n) is 4.47. The van der Waals surface area contributed by atoms with Crippen molar-refractivity contribution in [2.24, 2.45) is 0 Å². The van der Waals surface area contributed by atoms with Gasteiger partial charge in [-0.05, 0) is 42.8 Å². The molecule has 2 aromatic carbocycles. The van der Waals surface area contributed by atoms with E-state index in [0.717, 1.165) is 5.56 Å². The van der Waals surface area contributed by atoms with Gasteiger partial charge in [0.1, 0.15) is 10.6 Å². The summed E-state index contributed by atoms with van der Waals surface area (Å²) in [7, 11) is -2.39. The van der Waals surface area contributed by atoms with Crippen LogP contribution in [0.3, 0.4) is 0 Å². The molecule has 0 fully saturated rings. The number of hydrogen-bond acceptors (Lipinski definition) is 4. The third kappa shape index (κ3) is 3.40. The van der Waals surface area contributed by atoms with Gasteiger partial charge in [-0.1, -0.05) is 11.6 Å². The van der Waals surface area contributed by atoms with Crippen LogP contribution in [0.1, 0.15) is 5.56 Å². The van der Waals surface area contributed by atoms with Gasteiger partial charge in [-0.2, -0.15) is 0 Å². The minimum absolute atomic E-state index is 0.0175. The maximum atomic E-state index is 12.4. The third-order valence-corrected chi connectivity index (χ3v) is 4.59. The quantitative estimate of drug-likeness (QED) is 0.846. The van der Waals surface area contributed by atoms with Crippen LogP contribution in [-0.2, 0) is 10.0 Å². The van der Waals surface area contributed by atoms with Crippen LogP contribution in [0.25, 0.3) is 0 Å². The number of aryl methyl sites for hydroxylation is 1. The maximum Gasteiger partial charge on any atom is 0.265 e. The Bertz CT molecular complexity index is 776. The fraction of sp³-hybridized carbons (Fsp3) is 0.143. The van der Waals surface area contributed by atoms with Crippen LogP contribution in [0.5, 0.6) is 5.75 Å². The Labute approximate surface area is 128 Å². The molecule has 2 aromatic rings. The molecule has 0 heterocycles. The average Bonchev–Trinajstić information content (AvgIpc) is 2.42. The fourth-order valence-electron chi connectivity index (χ4n) is 1.81. The molecule has 0 spiro atoms. The molecule has 0 unspecified atom stereocenters. The number of benzene rings is 2. The zero-order valence-corrected chi connectivity index (χ0v) is 13.1. The van der Waals surface area contributed by atoms with Gasteiger partial charge in [-0.3, -0.25) is 4.72 Å². The first-order valence-electron chi connectivity index (χ1n) is 6.06. The third-order valence-electron chi connectivity index (χ3n) is 2.94. The van der Waals surface area contributed by atoms with E-state index in [-0.39, 0.29) is 10.6 Å². The molecule has 0 aliphatic carbocycles. The first-order valence-corrected chi connectivity index (χ1v) is 7.92. The summed E-state index contributed by atoms with van der Waals surface area (Å²) in [5, 5.41) is 0.397. The number of nitrogen functional groups attached to an aromatic ring is 1. The lowest BCUT2D eigenvalue weighted by atomic mass is 10.2. The van der Waals surface area contributed by atoms with Crippen molar-refractivity contribution < 1.29 is 13.2 Å². The van der Waals surface area contributed by atoms with Crippen LogP contribution in [0, 0.1) is 6.92 Å². The molecule has 0 atom stereocenters. The van der Waals surface area contributed by atoms with E-state index < -0.39 is 10.0 Å². The van der Waals surface area contributed by atoms with Crippen LogP contribution in [0.15, 0.2) is 41.3 Å². The predicted molar refractivity (Wildman–Crippen MR) is 84.4 cm³/mol. The molecule has 2 rings (SSSR count). The lowest BCUT2D eigenvalue weighted by Crippen LogP contribution is -2.14. The van der Waals surface area contributed by atoms with Crippen molar-refractivity contribution in [3.05, 3.63) is 47.0 Å². The van der Waals surface area contributed by atoms with E-state index in [1.54, 1.807) is 25.1 Å². The summed E-state index contributed by atoms with van der Waals surface area (Å²) in [6, 6.07) is 9.24. The van der Waals surface area contributed by atoms with E-state index in [9.17, 15) is 8.42 Å². The van der Waals surface area contributed by atoms with Crippen LogP contribution in [0.4, 0.5) is 11.4 Å². The first-order chi connectivity index (χ1) is 9.83. The Kier molecular flexibility index (Phi) is 4.29. The molecule has 5 nitrogen and oxygen atoms in total. The Hall–Kier alpha value is -1.92. The van der Waals surface area contributed by atoms with Gasteiger partial charge < -0.3 is 10.5 Å². The molecule has 0 aromatic heterocycles. The second kappa shape index (κ2) is 5.83. The van der Waals surface area contributed by atoms with Crippen molar-refractivity contribution in [1.82, 2.24) is 0 Å². The Morgan fingerprint density at radius 2 is 1.90 bits per heavy atom. The zero-order valence-electron chi connectivity index (χ0n) is 11.6. The molecule has 21 heavy (non-hydrogen) atoms. The van der Waals surface area contributed by atoms with Crippen molar-refractivity contribution in [2.75, 3.05) is 17.6 Å². The molecule has 0 aliphatic heterocycles. The van der Waals surface area contributed by atoms with Crippen molar-refractivity contribution in [3.8, 4) is 5.75 Å². The number of nitrogens with one attached hydrogen (secondary N) is 1. The summed E-state index contributed by atoms with van der Waals surface area (Å²) in [6.07, 6.45) is 0. The van der Waals surface area contributed by atoms with Gasteiger partial charge in [0, 0.05) is 22.5 Å². The molecule has 0 radical (unpaired) electrons. The average molecular weight is 327 g/mol. The molecule has 0 saturated carbocycles. The number of methoxy groups -OCH3 is 1. The van der Waals surface area contributed by atoms with Crippen molar-refractivity contribution >= 4 is 33.0 Å². The maximum absolute atomic E-state index is 12.4. The van der Waals surface area contributed by atoms with Crippen molar-refractivity contribution in [3.63, 3.8) is 0 Å². The van der Waals surface area contributed by atoms with Crippen LogP contribution < -0.4 is 15.2 Å². The number of rotatable bonds is 4. The largest absolute Gasteiger partial charge is 0.495 e. The van der Waals surface area contributed by atoms with E-state index in [0.29, 0.717) is 16.4 Å². The summed E-state index contributed by atoms with van der Waals surface area (Å²) in [5.41, 5.74) is 7.53. The number of sulfonamides is 1. The fourth-order valence-corrected chi connectivity index (χ4v) is 3.18. The molecule has 112 valence electrons. The summed E-state index contributed by atoms with van der Waals surface area (Å²) in [6.45, 7) is 1.80. The molecule has 7 heteroatoms.